The lowest BCUT2D eigenvalue weighted by Crippen LogP contribution is -2.39. The van der Waals surface area contributed by atoms with Gasteiger partial charge in [0.2, 0.25) is 11.7 Å². The van der Waals surface area contributed by atoms with Crippen LogP contribution in [0.5, 0.6) is 0 Å². The smallest absolute Gasteiger partial charge is 0.293 e. The lowest BCUT2D eigenvalue weighted by molar-refractivity contribution is -0.121. The fourth-order valence-electron chi connectivity index (χ4n) is 1.52. The lowest BCUT2D eigenvalue weighted by Gasteiger charge is -2.14. The van der Waals surface area contributed by atoms with Crippen LogP contribution in [0.2, 0.25) is 0 Å². The van der Waals surface area contributed by atoms with Gasteiger partial charge in [0.25, 0.3) is 5.91 Å². The minimum Gasteiger partial charge on any atom is -0.355 e. The first kappa shape index (κ1) is 15.1. The molecule has 0 aliphatic carbocycles. The van der Waals surface area contributed by atoms with Crippen LogP contribution in [0.1, 0.15) is 43.1 Å². The quantitative estimate of drug-likeness (QED) is 0.746. The van der Waals surface area contributed by atoms with E-state index in [9.17, 15) is 9.59 Å². The third kappa shape index (κ3) is 4.69. The summed E-state index contributed by atoms with van der Waals surface area (Å²) in [6, 6.07) is 0. The van der Waals surface area contributed by atoms with Crippen LogP contribution in [-0.2, 0) is 11.2 Å². The van der Waals surface area contributed by atoms with Crippen molar-refractivity contribution in [2.45, 2.75) is 33.1 Å². The van der Waals surface area contributed by atoms with E-state index in [0.717, 1.165) is 19.3 Å². The molecule has 106 valence electrons. The molecule has 0 saturated heterocycles. The Morgan fingerprint density at radius 3 is 2.68 bits per heavy atom. The maximum Gasteiger partial charge on any atom is 0.293 e. The summed E-state index contributed by atoms with van der Waals surface area (Å²) in [4.78, 5) is 28.9. The zero-order valence-electron chi connectivity index (χ0n) is 11.7. The average molecular weight is 267 g/mol. The predicted octanol–water partition coefficient (Wildman–Crippen LogP) is 0.355. The zero-order chi connectivity index (χ0) is 14.3. The van der Waals surface area contributed by atoms with Gasteiger partial charge in [0.1, 0.15) is 5.82 Å². The number of amides is 2. The van der Waals surface area contributed by atoms with Crippen molar-refractivity contribution in [3.63, 3.8) is 0 Å². The van der Waals surface area contributed by atoms with E-state index in [4.69, 9.17) is 0 Å². The molecule has 1 aromatic rings. The van der Waals surface area contributed by atoms with Crippen molar-refractivity contribution in [1.29, 1.82) is 0 Å². The number of carbonyl (C=O) groups is 2. The molecule has 19 heavy (non-hydrogen) atoms. The van der Waals surface area contributed by atoms with Crippen LogP contribution < -0.4 is 5.32 Å². The molecule has 1 heterocycles. The summed E-state index contributed by atoms with van der Waals surface area (Å²) in [7, 11) is 1.56. The van der Waals surface area contributed by atoms with Gasteiger partial charge in [-0.15, -0.1) is 5.10 Å². The zero-order valence-corrected chi connectivity index (χ0v) is 11.7. The normalized spacial score (nSPS) is 10.3. The molecule has 7 heteroatoms. The number of hydrogen-bond acceptors (Lipinski definition) is 4. The molecule has 2 N–H and O–H groups in total. The Bertz CT molecular complexity index is 430. The number of carbonyl (C=O) groups excluding carboxylic acids is 2. The highest BCUT2D eigenvalue weighted by Crippen LogP contribution is 2.00. The van der Waals surface area contributed by atoms with E-state index >= 15 is 0 Å². The SMILES string of the molecule is CCCNC(=O)CN(C)C(=O)c1n[nH]c(CCC)n1. The van der Waals surface area contributed by atoms with Crippen LogP contribution in [0.15, 0.2) is 0 Å². The summed E-state index contributed by atoms with van der Waals surface area (Å²) in [6.45, 7) is 4.62. The molecule has 1 rings (SSSR count). The Labute approximate surface area is 112 Å². The first-order valence-electron chi connectivity index (χ1n) is 6.51. The predicted molar refractivity (Wildman–Crippen MR) is 70.6 cm³/mol. The van der Waals surface area contributed by atoms with Gasteiger partial charge in [0, 0.05) is 20.0 Å². The number of aromatic amines is 1. The molecule has 0 fully saturated rings. The van der Waals surface area contributed by atoms with E-state index in [1.165, 1.54) is 4.90 Å². The lowest BCUT2D eigenvalue weighted by atomic mass is 10.3. The molecule has 0 radical (unpaired) electrons. The van der Waals surface area contributed by atoms with E-state index in [1.54, 1.807) is 7.05 Å². The molecule has 0 aromatic carbocycles. The van der Waals surface area contributed by atoms with E-state index < -0.39 is 0 Å². The van der Waals surface area contributed by atoms with Gasteiger partial charge < -0.3 is 10.2 Å². The second-order valence-corrected chi connectivity index (χ2v) is 4.37. The number of hydrogen-bond donors (Lipinski definition) is 2. The number of likely N-dealkylation sites (N-methyl/N-ethyl adjacent to an activating group) is 1. The molecule has 7 nitrogen and oxygen atoms in total. The molecule has 2 amide bonds. The van der Waals surface area contributed by atoms with Gasteiger partial charge in [-0.05, 0) is 12.8 Å². The first-order chi connectivity index (χ1) is 9.08. The summed E-state index contributed by atoms with van der Waals surface area (Å²) in [5.41, 5.74) is 0. The van der Waals surface area contributed by atoms with Crippen molar-refractivity contribution >= 4 is 11.8 Å². The minimum absolute atomic E-state index is 0.0104. The molecular formula is C12H21N5O2. The Morgan fingerprint density at radius 2 is 2.05 bits per heavy atom. The van der Waals surface area contributed by atoms with Gasteiger partial charge in [-0.25, -0.2) is 4.98 Å². The number of rotatable bonds is 7. The van der Waals surface area contributed by atoms with Crippen LogP contribution in [0, 0.1) is 0 Å². The monoisotopic (exact) mass is 267 g/mol. The molecule has 1 aromatic heterocycles. The molecule has 0 aliphatic rings. The molecule has 0 atom stereocenters. The summed E-state index contributed by atoms with van der Waals surface area (Å²) in [5.74, 6) is 0.260. The van der Waals surface area contributed by atoms with E-state index in [1.807, 2.05) is 13.8 Å². The Morgan fingerprint density at radius 1 is 1.32 bits per heavy atom. The Kier molecular flexibility index (Phi) is 5.98. The number of aromatic nitrogens is 3. The highest BCUT2D eigenvalue weighted by Gasteiger charge is 2.18. The number of nitrogens with one attached hydrogen (secondary N) is 2. The van der Waals surface area contributed by atoms with Gasteiger partial charge >= 0.3 is 0 Å². The maximum absolute atomic E-state index is 12.0. The van der Waals surface area contributed by atoms with Crippen molar-refractivity contribution < 1.29 is 9.59 Å². The molecule has 0 bridgehead atoms. The highest BCUT2D eigenvalue weighted by molar-refractivity contribution is 5.93. The van der Waals surface area contributed by atoms with Crippen molar-refractivity contribution in [1.82, 2.24) is 25.4 Å². The highest BCUT2D eigenvalue weighted by atomic mass is 16.2. The van der Waals surface area contributed by atoms with Crippen molar-refractivity contribution in [3.05, 3.63) is 11.6 Å². The van der Waals surface area contributed by atoms with E-state index in [-0.39, 0.29) is 24.2 Å². The van der Waals surface area contributed by atoms with Crippen LogP contribution >= 0.6 is 0 Å². The largest absolute Gasteiger partial charge is 0.355 e. The maximum atomic E-state index is 12.0. The van der Waals surface area contributed by atoms with Crippen LogP contribution in [0.3, 0.4) is 0 Å². The fraction of sp³-hybridized carbons (Fsp3) is 0.667. The first-order valence-corrected chi connectivity index (χ1v) is 6.51. The Balaban J connectivity index is 2.53. The number of H-pyrrole nitrogens is 1. The van der Waals surface area contributed by atoms with Crippen molar-refractivity contribution in [2.24, 2.45) is 0 Å². The minimum atomic E-state index is -0.356. The van der Waals surface area contributed by atoms with E-state index in [0.29, 0.717) is 12.4 Å². The van der Waals surface area contributed by atoms with Crippen molar-refractivity contribution in [3.8, 4) is 0 Å². The molecule has 0 aliphatic heterocycles. The second-order valence-electron chi connectivity index (χ2n) is 4.37. The van der Waals surface area contributed by atoms with Crippen LogP contribution in [0.4, 0.5) is 0 Å². The van der Waals surface area contributed by atoms with Gasteiger partial charge in [-0.1, -0.05) is 13.8 Å². The Hall–Kier alpha value is -1.92. The summed E-state index contributed by atoms with van der Waals surface area (Å²) < 4.78 is 0. The summed E-state index contributed by atoms with van der Waals surface area (Å²) in [5, 5.41) is 9.30. The average Bonchev–Trinajstić information content (AvgIpc) is 2.84. The van der Waals surface area contributed by atoms with Crippen LogP contribution in [0.25, 0.3) is 0 Å². The van der Waals surface area contributed by atoms with Gasteiger partial charge in [0.15, 0.2) is 0 Å². The third-order valence-electron chi connectivity index (χ3n) is 2.51. The third-order valence-corrected chi connectivity index (χ3v) is 2.51. The molecular weight excluding hydrogens is 246 g/mol. The van der Waals surface area contributed by atoms with Gasteiger partial charge in [-0.3, -0.25) is 14.7 Å². The van der Waals surface area contributed by atoms with Gasteiger partial charge in [0.05, 0.1) is 6.54 Å². The second kappa shape index (κ2) is 7.50. The topological polar surface area (TPSA) is 91.0 Å². The summed E-state index contributed by atoms with van der Waals surface area (Å²) in [6.07, 6.45) is 2.55. The van der Waals surface area contributed by atoms with E-state index in [2.05, 4.69) is 20.5 Å². The van der Waals surface area contributed by atoms with Crippen molar-refractivity contribution in [2.75, 3.05) is 20.1 Å². The van der Waals surface area contributed by atoms with Gasteiger partial charge in [-0.2, -0.15) is 0 Å². The standard InChI is InChI=1S/C12H21N5O2/c1-4-6-9-14-11(16-15-9)12(19)17(3)8-10(18)13-7-5-2/h4-8H2,1-3H3,(H,13,18)(H,14,15,16). The number of aryl methyl sites for hydroxylation is 1. The molecule has 0 spiro atoms. The molecule has 0 unspecified atom stereocenters. The summed E-state index contributed by atoms with van der Waals surface area (Å²) >= 11 is 0. The number of nitrogens with zero attached hydrogens (tertiary/aromatic N) is 3. The van der Waals surface area contributed by atoms with Crippen LogP contribution in [-0.4, -0.2) is 52.0 Å². The molecule has 0 saturated carbocycles. The fourth-order valence-corrected chi connectivity index (χ4v) is 1.52.